The molecule has 1 atom stereocenters. The van der Waals surface area contributed by atoms with Crippen molar-refractivity contribution in [2.45, 2.75) is 51.4 Å². The first-order valence-corrected chi connectivity index (χ1v) is 10.1. The largest absolute Gasteiger partial charge is 0.466 e. The molecule has 1 unspecified atom stereocenters. The SMILES string of the molecule is CCOC(=O)CCCCCCNC(=NC)NCC1CC(=O)Nc2ccccc21.I. The van der Waals surface area contributed by atoms with Crippen LogP contribution in [0.1, 0.15) is 56.9 Å². The first-order chi connectivity index (χ1) is 13.6. The van der Waals surface area contributed by atoms with Crippen LogP contribution in [0.5, 0.6) is 0 Å². The predicted octanol–water partition coefficient (Wildman–Crippen LogP) is 3.41. The van der Waals surface area contributed by atoms with Gasteiger partial charge in [0.2, 0.25) is 5.91 Å². The maximum Gasteiger partial charge on any atom is 0.305 e. The van der Waals surface area contributed by atoms with Crippen LogP contribution in [-0.2, 0) is 14.3 Å². The Balaban J connectivity index is 0.00000420. The number of aliphatic imine (C=N–C) groups is 1. The number of nitrogens with one attached hydrogen (secondary N) is 3. The van der Waals surface area contributed by atoms with E-state index in [1.165, 1.54) is 0 Å². The average molecular weight is 516 g/mol. The summed E-state index contributed by atoms with van der Waals surface area (Å²) in [5.41, 5.74) is 2.06. The summed E-state index contributed by atoms with van der Waals surface area (Å²) in [6.07, 6.45) is 4.93. The maximum atomic E-state index is 11.9. The number of para-hydroxylation sites is 1. The highest BCUT2D eigenvalue weighted by Crippen LogP contribution is 2.31. The Morgan fingerprint density at radius 1 is 1.21 bits per heavy atom. The highest BCUT2D eigenvalue weighted by Gasteiger charge is 2.24. The number of benzene rings is 1. The number of carbonyl (C=O) groups excluding carboxylic acids is 2. The molecular formula is C21H33IN4O3. The molecule has 0 saturated carbocycles. The molecule has 1 aliphatic heterocycles. The standard InChI is InChI=1S/C21H32N4O3.HI/c1-3-28-20(27)12-6-4-5-9-13-23-21(22-2)24-15-16-14-19(26)25-18-11-8-7-10-17(16)18;/h7-8,10-11,16H,3-6,9,12-15H2,1-2H3,(H,25,26)(H2,22,23,24);1H. The Labute approximate surface area is 190 Å². The minimum absolute atomic E-state index is 0. The Hall–Kier alpha value is -1.84. The third-order valence-electron chi connectivity index (χ3n) is 4.75. The molecule has 1 amide bonds. The zero-order valence-corrected chi connectivity index (χ0v) is 19.7. The van der Waals surface area contributed by atoms with Gasteiger partial charge in [-0.15, -0.1) is 24.0 Å². The maximum absolute atomic E-state index is 11.9. The fourth-order valence-corrected chi connectivity index (χ4v) is 3.31. The topological polar surface area (TPSA) is 91.8 Å². The van der Waals surface area contributed by atoms with Gasteiger partial charge in [0.05, 0.1) is 6.61 Å². The second-order valence-corrected chi connectivity index (χ2v) is 6.89. The van der Waals surface area contributed by atoms with Gasteiger partial charge in [-0.1, -0.05) is 31.0 Å². The number of amides is 1. The molecule has 0 aromatic heterocycles. The lowest BCUT2D eigenvalue weighted by atomic mass is 9.90. The molecule has 1 aliphatic rings. The lowest BCUT2D eigenvalue weighted by molar-refractivity contribution is -0.143. The van der Waals surface area contributed by atoms with E-state index in [1.807, 2.05) is 25.1 Å². The molecule has 0 fully saturated rings. The fraction of sp³-hybridized carbons (Fsp3) is 0.571. The molecule has 0 radical (unpaired) electrons. The lowest BCUT2D eigenvalue weighted by Crippen LogP contribution is -2.41. The molecule has 162 valence electrons. The summed E-state index contributed by atoms with van der Waals surface area (Å²) in [6.45, 7) is 3.75. The van der Waals surface area contributed by atoms with Crippen molar-refractivity contribution in [1.82, 2.24) is 10.6 Å². The van der Waals surface area contributed by atoms with Gasteiger partial charge in [-0.3, -0.25) is 14.6 Å². The second kappa shape index (κ2) is 14.2. The van der Waals surface area contributed by atoms with Crippen LogP contribution >= 0.6 is 24.0 Å². The van der Waals surface area contributed by atoms with Crippen molar-refractivity contribution in [1.29, 1.82) is 0 Å². The average Bonchev–Trinajstić information content (AvgIpc) is 2.69. The van der Waals surface area contributed by atoms with Gasteiger partial charge in [-0.25, -0.2) is 0 Å². The number of carbonyl (C=O) groups is 2. The molecular weight excluding hydrogens is 483 g/mol. The summed E-state index contributed by atoms with van der Waals surface area (Å²) >= 11 is 0. The number of hydrogen-bond acceptors (Lipinski definition) is 4. The smallest absolute Gasteiger partial charge is 0.305 e. The summed E-state index contributed by atoms with van der Waals surface area (Å²) < 4.78 is 4.92. The van der Waals surface area contributed by atoms with Crippen LogP contribution in [-0.4, -0.2) is 44.6 Å². The van der Waals surface area contributed by atoms with E-state index in [1.54, 1.807) is 7.05 Å². The normalized spacial score (nSPS) is 15.6. The molecule has 29 heavy (non-hydrogen) atoms. The zero-order chi connectivity index (χ0) is 20.2. The van der Waals surface area contributed by atoms with Crippen molar-refractivity contribution in [3.8, 4) is 0 Å². The summed E-state index contributed by atoms with van der Waals surface area (Å²) in [7, 11) is 1.75. The number of hydrogen-bond donors (Lipinski definition) is 3. The minimum atomic E-state index is -0.108. The van der Waals surface area contributed by atoms with E-state index in [-0.39, 0.29) is 41.8 Å². The van der Waals surface area contributed by atoms with Crippen LogP contribution in [0.4, 0.5) is 5.69 Å². The molecule has 3 N–H and O–H groups in total. The summed E-state index contributed by atoms with van der Waals surface area (Å²) in [5, 5.41) is 9.56. The molecule has 0 spiro atoms. The molecule has 0 bridgehead atoms. The summed E-state index contributed by atoms with van der Waals surface area (Å²) in [5.74, 6) is 0.820. The monoisotopic (exact) mass is 516 g/mol. The van der Waals surface area contributed by atoms with Crippen LogP contribution in [0.15, 0.2) is 29.3 Å². The van der Waals surface area contributed by atoms with Crippen molar-refractivity contribution in [3.05, 3.63) is 29.8 Å². The van der Waals surface area contributed by atoms with Gasteiger partial charge in [-0.05, 0) is 31.4 Å². The number of anilines is 1. The number of unbranched alkanes of at least 4 members (excludes halogenated alkanes) is 3. The van der Waals surface area contributed by atoms with Crippen LogP contribution in [0.25, 0.3) is 0 Å². The van der Waals surface area contributed by atoms with E-state index in [9.17, 15) is 9.59 Å². The number of rotatable bonds is 10. The zero-order valence-electron chi connectivity index (χ0n) is 17.3. The van der Waals surface area contributed by atoms with Gasteiger partial charge >= 0.3 is 5.97 Å². The number of nitrogens with zero attached hydrogens (tertiary/aromatic N) is 1. The van der Waals surface area contributed by atoms with Crippen molar-refractivity contribution in [2.75, 3.05) is 32.1 Å². The van der Waals surface area contributed by atoms with Gasteiger partial charge in [0.15, 0.2) is 5.96 Å². The quantitative estimate of drug-likeness (QED) is 0.146. The highest BCUT2D eigenvalue weighted by molar-refractivity contribution is 14.0. The van der Waals surface area contributed by atoms with Gasteiger partial charge in [-0.2, -0.15) is 0 Å². The Kier molecular flexibility index (Phi) is 12.3. The third-order valence-corrected chi connectivity index (χ3v) is 4.75. The van der Waals surface area contributed by atoms with Crippen LogP contribution < -0.4 is 16.0 Å². The molecule has 7 nitrogen and oxygen atoms in total. The van der Waals surface area contributed by atoms with Crippen molar-refractivity contribution >= 4 is 47.5 Å². The van der Waals surface area contributed by atoms with Crippen molar-refractivity contribution in [2.24, 2.45) is 4.99 Å². The molecule has 1 heterocycles. The first kappa shape index (κ1) is 25.2. The number of fused-ring (bicyclic) bond motifs is 1. The molecule has 1 aromatic rings. The van der Waals surface area contributed by atoms with E-state index in [4.69, 9.17) is 4.74 Å². The number of esters is 1. The van der Waals surface area contributed by atoms with Crippen LogP contribution in [0, 0.1) is 0 Å². The number of guanidine groups is 1. The van der Waals surface area contributed by atoms with Crippen LogP contribution in [0.3, 0.4) is 0 Å². The second-order valence-electron chi connectivity index (χ2n) is 6.89. The van der Waals surface area contributed by atoms with Gasteiger partial charge in [0.25, 0.3) is 0 Å². The third kappa shape index (κ3) is 9.01. The Morgan fingerprint density at radius 2 is 1.97 bits per heavy atom. The lowest BCUT2D eigenvalue weighted by Gasteiger charge is -2.26. The van der Waals surface area contributed by atoms with E-state index < -0.39 is 0 Å². The molecule has 1 aromatic carbocycles. The van der Waals surface area contributed by atoms with Gasteiger partial charge in [0.1, 0.15) is 0 Å². The summed E-state index contributed by atoms with van der Waals surface area (Å²) in [4.78, 5) is 27.4. The molecule has 0 aliphatic carbocycles. The number of halogens is 1. The van der Waals surface area contributed by atoms with Crippen LogP contribution in [0.2, 0.25) is 0 Å². The van der Waals surface area contributed by atoms with E-state index >= 15 is 0 Å². The number of ether oxygens (including phenoxy) is 1. The van der Waals surface area contributed by atoms with E-state index in [2.05, 4.69) is 27.0 Å². The summed E-state index contributed by atoms with van der Waals surface area (Å²) in [6, 6.07) is 7.93. The van der Waals surface area contributed by atoms with E-state index in [0.29, 0.717) is 26.0 Å². The van der Waals surface area contributed by atoms with Gasteiger partial charge in [0, 0.05) is 44.6 Å². The molecule has 0 saturated heterocycles. The van der Waals surface area contributed by atoms with Crippen molar-refractivity contribution < 1.29 is 14.3 Å². The Bertz CT molecular complexity index is 682. The van der Waals surface area contributed by atoms with Gasteiger partial charge < -0.3 is 20.7 Å². The predicted molar refractivity (Wildman–Crippen MR) is 127 cm³/mol. The first-order valence-electron chi connectivity index (χ1n) is 10.1. The van der Waals surface area contributed by atoms with Crippen molar-refractivity contribution in [3.63, 3.8) is 0 Å². The molecule has 8 heteroatoms. The van der Waals surface area contributed by atoms with E-state index in [0.717, 1.165) is 49.4 Å². The minimum Gasteiger partial charge on any atom is -0.466 e. The highest BCUT2D eigenvalue weighted by atomic mass is 127. The Morgan fingerprint density at radius 3 is 2.72 bits per heavy atom. The molecule has 2 rings (SSSR count). The fourth-order valence-electron chi connectivity index (χ4n) is 3.31.